The highest BCUT2D eigenvalue weighted by molar-refractivity contribution is 5.87. The average molecular weight is 385 g/mol. The third-order valence-corrected chi connectivity index (χ3v) is 4.92. The first-order valence-electron chi connectivity index (χ1n) is 9.64. The van der Waals surface area contributed by atoms with Gasteiger partial charge in [0.15, 0.2) is 0 Å². The Morgan fingerprint density at radius 2 is 1.55 bits per heavy atom. The monoisotopic (exact) mass is 385 g/mol. The average Bonchev–Trinajstić information content (AvgIpc) is 3.23. The largest absolute Gasteiger partial charge is 0.475 e. The van der Waals surface area contributed by atoms with Crippen LogP contribution in [0.2, 0.25) is 0 Å². The van der Waals surface area contributed by atoms with E-state index < -0.39 is 11.6 Å². The molecule has 1 N–H and O–H groups in total. The fourth-order valence-corrected chi connectivity index (χ4v) is 3.40. The highest BCUT2D eigenvalue weighted by Crippen LogP contribution is 2.30. The number of aromatic amines is 1. The molecule has 4 nitrogen and oxygen atoms in total. The van der Waals surface area contributed by atoms with Crippen LogP contribution in [0.25, 0.3) is 10.9 Å². The number of carbonyl (C=O) groups excluding carboxylic acids is 1. The summed E-state index contributed by atoms with van der Waals surface area (Å²) in [5.41, 5.74) is 1.74. The first-order valence-corrected chi connectivity index (χ1v) is 9.64. The third kappa shape index (κ3) is 4.32. The lowest BCUT2D eigenvalue weighted by Gasteiger charge is -2.29. The number of benzene rings is 3. The molecule has 0 aliphatic carbocycles. The first kappa shape index (κ1) is 18.8. The summed E-state index contributed by atoms with van der Waals surface area (Å²) in [6.45, 7) is 2.00. The Kier molecular flexibility index (Phi) is 5.34. The van der Waals surface area contributed by atoms with E-state index >= 15 is 0 Å². The van der Waals surface area contributed by atoms with Crippen LogP contribution in [0.5, 0.6) is 5.75 Å². The molecule has 0 spiro atoms. The molecule has 4 aromatic rings. The fraction of sp³-hybridized carbons (Fsp3) is 0.160. The van der Waals surface area contributed by atoms with E-state index in [1.807, 2.05) is 91.1 Å². The number of H-pyrrole nitrogens is 1. The molecule has 4 heteroatoms. The Labute approximate surface area is 170 Å². The van der Waals surface area contributed by atoms with Crippen LogP contribution in [0, 0.1) is 0 Å². The van der Waals surface area contributed by atoms with Gasteiger partial charge in [-0.3, -0.25) is 0 Å². The number of nitrogens with one attached hydrogen (secondary N) is 1. The number of aromatic nitrogens is 1. The maximum absolute atomic E-state index is 13.2. The van der Waals surface area contributed by atoms with E-state index in [0.29, 0.717) is 12.2 Å². The molecule has 146 valence electrons. The predicted molar refractivity (Wildman–Crippen MR) is 114 cm³/mol. The Morgan fingerprint density at radius 3 is 2.28 bits per heavy atom. The molecule has 3 aromatic carbocycles. The minimum absolute atomic E-state index is 0.210. The van der Waals surface area contributed by atoms with Gasteiger partial charge in [0.1, 0.15) is 12.4 Å². The molecule has 0 bridgehead atoms. The number of esters is 1. The van der Waals surface area contributed by atoms with Crippen LogP contribution in [-0.2, 0) is 22.6 Å². The molecule has 1 unspecified atom stereocenters. The van der Waals surface area contributed by atoms with Crippen LogP contribution >= 0.6 is 0 Å². The topological polar surface area (TPSA) is 51.3 Å². The van der Waals surface area contributed by atoms with Gasteiger partial charge in [-0.25, -0.2) is 4.79 Å². The van der Waals surface area contributed by atoms with Crippen molar-refractivity contribution < 1.29 is 14.3 Å². The summed E-state index contributed by atoms with van der Waals surface area (Å²) in [5.74, 6) is 0.261. The van der Waals surface area contributed by atoms with E-state index in [1.54, 1.807) is 6.92 Å². The summed E-state index contributed by atoms with van der Waals surface area (Å²) in [6, 6.07) is 27.2. The van der Waals surface area contributed by atoms with E-state index in [2.05, 4.69) is 4.98 Å². The van der Waals surface area contributed by atoms with E-state index in [-0.39, 0.29) is 6.61 Å². The predicted octanol–water partition coefficient (Wildman–Crippen LogP) is 5.29. The minimum Gasteiger partial charge on any atom is -0.475 e. The van der Waals surface area contributed by atoms with Gasteiger partial charge in [-0.15, -0.1) is 0 Å². The second-order valence-electron chi connectivity index (χ2n) is 7.25. The zero-order chi connectivity index (χ0) is 20.1. The first-order chi connectivity index (χ1) is 14.1. The lowest BCUT2D eigenvalue weighted by Crippen LogP contribution is -2.45. The molecule has 0 fully saturated rings. The number of ether oxygens (including phenoxy) is 2. The standard InChI is InChI=1S/C25H23NO3/c1-25(17-19-9-4-2-5-10-19,24(27)28-18-20-11-6-3-7-12-20)29-23-14-8-13-22-21(23)15-16-26-22/h2-16,26H,17-18H2,1H3. The van der Waals surface area contributed by atoms with Crippen molar-refractivity contribution in [3.8, 4) is 5.75 Å². The zero-order valence-corrected chi connectivity index (χ0v) is 16.3. The Bertz CT molecular complexity index is 1090. The molecule has 0 saturated carbocycles. The van der Waals surface area contributed by atoms with E-state index in [1.165, 1.54) is 0 Å². The Hall–Kier alpha value is -3.53. The van der Waals surface area contributed by atoms with Crippen molar-refractivity contribution in [2.45, 2.75) is 25.6 Å². The van der Waals surface area contributed by atoms with E-state index in [4.69, 9.17) is 9.47 Å². The maximum Gasteiger partial charge on any atom is 0.350 e. The van der Waals surface area contributed by atoms with Crippen molar-refractivity contribution in [1.29, 1.82) is 0 Å². The molecule has 0 amide bonds. The second-order valence-corrected chi connectivity index (χ2v) is 7.25. The van der Waals surface area contributed by atoms with Gasteiger partial charge in [0.05, 0.1) is 0 Å². The third-order valence-electron chi connectivity index (χ3n) is 4.92. The summed E-state index contributed by atoms with van der Waals surface area (Å²) in [7, 11) is 0. The summed E-state index contributed by atoms with van der Waals surface area (Å²) in [6.07, 6.45) is 2.27. The van der Waals surface area contributed by atoms with Crippen LogP contribution in [0.15, 0.2) is 91.1 Å². The number of hydrogen-bond acceptors (Lipinski definition) is 3. The summed E-state index contributed by atoms with van der Waals surface area (Å²) < 4.78 is 12.0. The van der Waals surface area contributed by atoms with Crippen molar-refractivity contribution in [3.63, 3.8) is 0 Å². The highest BCUT2D eigenvalue weighted by atomic mass is 16.6. The molecule has 0 aliphatic rings. The smallest absolute Gasteiger partial charge is 0.350 e. The summed E-state index contributed by atoms with van der Waals surface area (Å²) in [4.78, 5) is 16.3. The lowest BCUT2D eigenvalue weighted by molar-refractivity contribution is -0.162. The van der Waals surface area contributed by atoms with Gasteiger partial charge < -0.3 is 14.5 Å². The Balaban J connectivity index is 1.61. The number of hydrogen-bond donors (Lipinski definition) is 1. The van der Waals surface area contributed by atoms with Crippen molar-refractivity contribution in [2.75, 3.05) is 0 Å². The van der Waals surface area contributed by atoms with Crippen molar-refractivity contribution in [3.05, 3.63) is 102 Å². The van der Waals surface area contributed by atoms with Crippen molar-refractivity contribution >= 4 is 16.9 Å². The van der Waals surface area contributed by atoms with Gasteiger partial charge in [-0.2, -0.15) is 0 Å². The van der Waals surface area contributed by atoms with Crippen LogP contribution in [0.4, 0.5) is 0 Å². The number of carbonyl (C=O) groups is 1. The van der Waals surface area contributed by atoms with Crippen molar-refractivity contribution in [1.82, 2.24) is 4.98 Å². The lowest BCUT2D eigenvalue weighted by atomic mass is 9.96. The van der Waals surface area contributed by atoms with E-state index in [9.17, 15) is 4.79 Å². The molecule has 1 aromatic heterocycles. The van der Waals surface area contributed by atoms with Gasteiger partial charge in [0.2, 0.25) is 5.60 Å². The molecular weight excluding hydrogens is 362 g/mol. The van der Waals surface area contributed by atoms with Crippen LogP contribution < -0.4 is 4.74 Å². The minimum atomic E-state index is -1.16. The molecule has 0 saturated heterocycles. The second kappa shape index (κ2) is 8.23. The van der Waals surface area contributed by atoms with Gasteiger partial charge in [0.25, 0.3) is 0 Å². The fourth-order valence-electron chi connectivity index (χ4n) is 3.40. The molecular formula is C25H23NO3. The van der Waals surface area contributed by atoms with Crippen molar-refractivity contribution in [2.24, 2.45) is 0 Å². The maximum atomic E-state index is 13.2. The van der Waals surface area contributed by atoms with Crippen LogP contribution in [0.3, 0.4) is 0 Å². The van der Waals surface area contributed by atoms with Crippen LogP contribution in [0.1, 0.15) is 18.1 Å². The molecule has 4 rings (SSSR count). The molecule has 0 radical (unpaired) electrons. The highest BCUT2D eigenvalue weighted by Gasteiger charge is 2.38. The zero-order valence-electron chi connectivity index (χ0n) is 16.3. The molecule has 29 heavy (non-hydrogen) atoms. The summed E-state index contributed by atoms with van der Waals surface area (Å²) >= 11 is 0. The normalized spacial score (nSPS) is 13.0. The molecule has 0 aliphatic heterocycles. The Morgan fingerprint density at radius 1 is 0.862 bits per heavy atom. The van der Waals surface area contributed by atoms with E-state index in [0.717, 1.165) is 22.0 Å². The quantitative estimate of drug-likeness (QED) is 0.440. The number of rotatable bonds is 7. The molecule has 1 heterocycles. The SMILES string of the molecule is CC(Cc1ccccc1)(Oc1cccc2[nH]ccc12)C(=O)OCc1ccccc1. The van der Waals surface area contributed by atoms with Gasteiger partial charge in [0, 0.05) is 23.5 Å². The summed E-state index contributed by atoms with van der Waals surface area (Å²) in [5, 5.41) is 0.933. The van der Waals surface area contributed by atoms with Gasteiger partial charge in [-0.1, -0.05) is 66.7 Å². The van der Waals surface area contributed by atoms with Crippen LogP contribution in [-0.4, -0.2) is 16.6 Å². The number of fused-ring (bicyclic) bond motifs is 1. The van der Waals surface area contributed by atoms with Gasteiger partial charge >= 0.3 is 5.97 Å². The molecule has 1 atom stereocenters. The van der Waals surface area contributed by atoms with Gasteiger partial charge in [-0.05, 0) is 36.2 Å².